The molecule has 1 N–H and O–H groups in total. The number of benzene rings is 1. The van der Waals surface area contributed by atoms with Crippen LogP contribution in [-0.4, -0.2) is 28.0 Å². The van der Waals surface area contributed by atoms with Crippen molar-refractivity contribution in [3.8, 4) is 11.3 Å². The zero-order valence-corrected chi connectivity index (χ0v) is 13.9. The lowest BCUT2D eigenvalue weighted by molar-refractivity contribution is -0.00593. The van der Waals surface area contributed by atoms with Crippen molar-refractivity contribution in [1.82, 2.24) is 15.0 Å². The summed E-state index contributed by atoms with van der Waals surface area (Å²) in [4.78, 5) is 25.3. The zero-order valence-electron chi connectivity index (χ0n) is 13.9. The maximum absolute atomic E-state index is 14.3. The summed E-state index contributed by atoms with van der Waals surface area (Å²) in [6.07, 6.45) is 2.62. The Kier molecular flexibility index (Phi) is 3.16. The number of hydrogen-bond acceptors (Lipinski definition) is 4. The van der Waals surface area contributed by atoms with Crippen LogP contribution in [0.4, 0.5) is 14.7 Å². The molecule has 0 amide bonds. The number of nitrogens with zero attached hydrogens (tertiary/aromatic N) is 3. The lowest BCUT2D eigenvalue weighted by Gasteiger charge is -2.31. The van der Waals surface area contributed by atoms with Gasteiger partial charge < -0.3 is 9.88 Å². The number of aromatic nitrogens is 3. The highest BCUT2D eigenvalue weighted by Crippen LogP contribution is 2.44. The first-order chi connectivity index (χ1) is 12.5. The number of pyridine rings is 1. The van der Waals surface area contributed by atoms with Crippen molar-refractivity contribution in [1.29, 1.82) is 0 Å². The highest BCUT2D eigenvalue weighted by molar-refractivity contribution is 5.86. The molecular weight excluding hydrogens is 338 g/mol. The van der Waals surface area contributed by atoms with Crippen molar-refractivity contribution in [3.05, 3.63) is 52.1 Å². The Morgan fingerprint density at radius 1 is 1.15 bits per heavy atom. The van der Waals surface area contributed by atoms with Gasteiger partial charge in [-0.3, -0.25) is 4.79 Å². The van der Waals surface area contributed by atoms with Crippen molar-refractivity contribution in [2.45, 2.75) is 25.2 Å². The highest BCUT2D eigenvalue weighted by Gasteiger charge is 2.43. The van der Waals surface area contributed by atoms with Gasteiger partial charge in [0.25, 0.3) is 11.5 Å². The third-order valence-corrected chi connectivity index (χ3v) is 5.22. The molecule has 0 spiro atoms. The summed E-state index contributed by atoms with van der Waals surface area (Å²) in [7, 11) is 0. The van der Waals surface area contributed by atoms with Crippen molar-refractivity contribution in [2.24, 2.45) is 0 Å². The molecule has 0 saturated carbocycles. The number of fused-ring (bicyclic) bond motifs is 2. The van der Waals surface area contributed by atoms with Gasteiger partial charge in [0.15, 0.2) is 0 Å². The summed E-state index contributed by atoms with van der Waals surface area (Å²) in [5.74, 6) is -2.54. The minimum absolute atomic E-state index is 0.143. The molecule has 2 aliphatic rings. The summed E-state index contributed by atoms with van der Waals surface area (Å²) >= 11 is 0. The normalized spacial score (nSPS) is 18.0. The Hall–Kier alpha value is -2.83. The molecule has 1 saturated heterocycles. The molecule has 5 nitrogen and oxygen atoms in total. The molecule has 0 unspecified atom stereocenters. The van der Waals surface area contributed by atoms with E-state index < -0.39 is 5.92 Å². The van der Waals surface area contributed by atoms with Crippen LogP contribution < -0.4 is 10.5 Å². The summed E-state index contributed by atoms with van der Waals surface area (Å²) in [5, 5.41) is 1.32. The van der Waals surface area contributed by atoms with Crippen LogP contribution in [-0.2, 0) is 12.3 Å². The van der Waals surface area contributed by atoms with Crippen LogP contribution in [0, 0.1) is 0 Å². The predicted octanol–water partition coefficient (Wildman–Crippen LogP) is 3.23. The lowest BCUT2D eigenvalue weighted by atomic mass is 10.0. The summed E-state index contributed by atoms with van der Waals surface area (Å²) in [6, 6.07) is 7.13. The van der Waals surface area contributed by atoms with Crippen LogP contribution >= 0.6 is 0 Å². The van der Waals surface area contributed by atoms with Gasteiger partial charge in [0.2, 0.25) is 5.95 Å². The van der Waals surface area contributed by atoms with E-state index in [1.807, 2.05) is 11.0 Å². The van der Waals surface area contributed by atoms with E-state index in [2.05, 4.69) is 15.0 Å². The SMILES string of the molecule is O=c1[nH]ccc2cc(-c3nc(N4CCC4)nc4c3CCC4(F)F)ccc12. The van der Waals surface area contributed by atoms with Crippen molar-refractivity contribution < 1.29 is 8.78 Å². The lowest BCUT2D eigenvalue weighted by Crippen LogP contribution is -2.38. The van der Waals surface area contributed by atoms with Gasteiger partial charge in [-0.2, -0.15) is 8.78 Å². The fourth-order valence-corrected chi connectivity index (χ4v) is 3.65. The fraction of sp³-hybridized carbons (Fsp3) is 0.316. The zero-order chi connectivity index (χ0) is 17.9. The second kappa shape index (κ2) is 5.33. The van der Waals surface area contributed by atoms with Gasteiger partial charge in [0.1, 0.15) is 5.69 Å². The van der Waals surface area contributed by atoms with E-state index in [9.17, 15) is 13.6 Å². The standard InChI is InChI=1S/C19H16F2N4O/c20-19(21)6-4-14-15(23-18(24-16(14)19)25-8-1-9-25)12-2-3-13-11(10-12)5-7-22-17(13)26/h2-3,5,7,10H,1,4,6,8-9H2,(H,22,26). The Balaban J connectivity index is 1.73. The minimum Gasteiger partial charge on any atom is -0.341 e. The highest BCUT2D eigenvalue weighted by atomic mass is 19.3. The van der Waals surface area contributed by atoms with Gasteiger partial charge in [0.05, 0.1) is 5.69 Å². The predicted molar refractivity (Wildman–Crippen MR) is 94.6 cm³/mol. The van der Waals surface area contributed by atoms with Gasteiger partial charge in [-0.15, -0.1) is 0 Å². The maximum Gasteiger partial charge on any atom is 0.290 e. The molecule has 3 aromatic rings. The Bertz CT molecular complexity index is 1090. The largest absolute Gasteiger partial charge is 0.341 e. The topological polar surface area (TPSA) is 61.9 Å². The minimum atomic E-state index is -2.92. The Labute approximate surface area is 147 Å². The molecule has 1 fully saturated rings. The number of rotatable bonds is 2. The number of aromatic amines is 1. The average Bonchev–Trinajstić information content (AvgIpc) is 2.88. The fourth-order valence-electron chi connectivity index (χ4n) is 3.65. The van der Waals surface area contributed by atoms with Crippen molar-refractivity contribution >= 4 is 16.7 Å². The van der Waals surface area contributed by atoms with Crippen LogP contribution in [0.1, 0.15) is 24.1 Å². The van der Waals surface area contributed by atoms with Crippen LogP contribution in [0.25, 0.3) is 22.0 Å². The Morgan fingerprint density at radius 3 is 2.77 bits per heavy atom. The van der Waals surface area contributed by atoms with Crippen LogP contribution in [0.3, 0.4) is 0 Å². The smallest absolute Gasteiger partial charge is 0.290 e. The third kappa shape index (κ3) is 2.23. The molecule has 1 aliphatic carbocycles. The van der Waals surface area contributed by atoms with E-state index >= 15 is 0 Å². The van der Waals surface area contributed by atoms with Gasteiger partial charge in [-0.25, -0.2) is 9.97 Å². The van der Waals surface area contributed by atoms with Crippen LogP contribution in [0.2, 0.25) is 0 Å². The Morgan fingerprint density at radius 2 is 2.00 bits per heavy atom. The van der Waals surface area contributed by atoms with Gasteiger partial charge in [-0.1, -0.05) is 6.07 Å². The second-order valence-electron chi connectivity index (χ2n) is 6.85. The molecular formula is C19H16F2N4O. The molecule has 1 aromatic carbocycles. The number of hydrogen-bond donors (Lipinski definition) is 1. The van der Waals surface area contributed by atoms with Crippen molar-refractivity contribution in [3.63, 3.8) is 0 Å². The summed E-state index contributed by atoms with van der Waals surface area (Å²) in [6.45, 7) is 1.58. The molecule has 7 heteroatoms. The van der Waals surface area contributed by atoms with Crippen LogP contribution in [0.5, 0.6) is 0 Å². The quantitative estimate of drug-likeness (QED) is 0.767. The van der Waals surface area contributed by atoms with Gasteiger partial charge >= 0.3 is 0 Å². The second-order valence-corrected chi connectivity index (χ2v) is 6.85. The van der Waals surface area contributed by atoms with Crippen molar-refractivity contribution in [2.75, 3.05) is 18.0 Å². The van der Waals surface area contributed by atoms with Crippen LogP contribution in [0.15, 0.2) is 35.3 Å². The number of alkyl halides is 2. The van der Waals surface area contributed by atoms with E-state index in [1.54, 1.807) is 24.4 Å². The first kappa shape index (κ1) is 15.4. The van der Waals surface area contributed by atoms with Gasteiger partial charge in [-0.05, 0) is 36.4 Å². The van der Waals surface area contributed by atoms with E-state index in [4.69, 9.17) is 0 Å². The van der Waals surface area contributed by atoms with Gasteiger partial charge in [0, 0.05) is 42.2 Å². The molecule has 0 bridgehead atoms. The van der Waals surface area contributed by atoms with E-state index in [0.29, 0.717) is 22.6 Å². The molecule has 0 radical (unpaired) electrons. The number of H-pyrrole nitrogens is 1. The number of halogens is 2. The molecule has 132 valence electrons. The maximum atomic E-state index is 14.3. The summed E-state index contributed by atoms with van der Waals surface area (Å²) < 4.78 is 28.7. The van der Waals surface area contributed by atoms with E-state index in [1.165, 1.54) is 0 Å². The molecule has 1 aliphatic heterocycles. The number of nitrogens with one attached hydrogen (secondary N) is 1. The molecule has 2 aromatic heterocycles. The first-order valence-electron chi connectivity index (χ1n) is 8.69. The van der Waals surface area contributed by atoms with E-state index in [-0.39, 0.29) is 24.1 Å². The molecule has 5 rings (SSSR count). The van der Waals surface area contributed by atoms with E-state index in [0.717, 1.165) is 30.5 Å². The number of anilines is 1. The monoisotopic (exact) mass is 354 g/mol. The molecule has 3 heterocycles. The average molecular weight is 354 g/mol. The third-order valence-electron chi connectivity index (χ3n) is 5.22. The molecule has 0 atom stereocenters. The molecule has 26 heavy (non-hydrogen) atoms. The first-order valence-corrected chi connectivity index (χ1v) is 8.69. The summed E-state index contributed by atoms with van der Waals surface area (Å²) in [5.41, 5.74) is 1.49.